The van der Waals surface area contributed by atoms with Crippen molar-refractivity contribution in [2.24, 2.45) is 5.92 Å². The van der Waals surface area contributed by atoms with Crippen LogP contribution in [0.4, 0.5) is 0 Å². The fraction of sp³-hybridized carbons (Fsp3) is 0.286. The van der Waals surface area contributed by atoms with Crippen LogP contribution < -0.4 is 5.32 Å². The Morgan fingerprint density at radius 2 is 1.96 bits per heavy atom. The number of nitrogens with zero attached hydrogens (tertiary/aromatic N) is 2. The second-order valence-electron chi connectivity index (χ2n) is 6.73. The lowest BCUT2D eigenvalue weighted by Crippen LogP contribution is -2.34. The second kappa shape index (κ2) is 9.48. The lowest BCUT2D eigenvalue weighted by atomic mass is 10.0. The number of halogens is 1. The molecular weight excluding hydrogens is 378 g/mol. The van der Waals surface area contributed by atoms with Crippen LogP contribution in [0.1, 0.15) is 31.3 Å². The van der Waals surface area contributed by atoms with E-state index in [1.54, 1.807) is 12.1 Å². The third-order valence-corrected chi connectivity index (χ3v) is 4.35. The van der Waals surface area contributed by atoms with Crippen LogP contribution in [-0.2, 0) is 16.1 Å². The Bertz CT molecular complexity index is 912. The van der Waals surface area contributed by atoms with Crippen LogP contribution in [0, 0.1) is 5.92 Å². The third-order valence-electron chi connectivity index (χ3n) is 4.12. The Balaban J connectivity index is 1.61. The third kappa shape index (κ3) is 5.41. The van der Waals surface area contributed by atoms with Gasteiger partial charge in [0.2, 0.25) is 17.6 Å². The minimum atomic E-state index is -0.409. The summed E-state index contributed by atoms with van der Waals surface area (Å²) >= 11 is 6.02. The first-order chi connectivity index (χ1) is 13.5. The lowest BCUT2D eigenvalue weighted by Gasteiger charge is -2.18. The van der Waals surface area contributed by atoms with Gasteiger partial charge in [-0.2, -0.15) is 4.98 Å². The Kier molecular flexibility index (Phi) is 6.79. The summed E-state index contributed by atoms with van der Waals surface area (Å²) in [4.78, 5) is 16.7. The number of benzene rings is 2. The summed E-state index contributed by atoms with van der Waals surface area (Å²) in [6.07, 6.45) is 0. The molecule has 0 saturated carbocycles. The van der Waals surface area contributed by atoms with Crippen LogP contribution in [-0.4, -0.2) is 22.7 Å². The minimum Gasteiger partial charge on any atom is -0.367 e. The molecule has 0 fully saturated rings. The van der Waals surface area contributed by atoms with Crippen molar-refractivity contribution in [2.75, 3.05) is 6.61 Å². The van der Waals surface area contributed by atoms with E-state index in [-0.39, 0.29) is 18.4 Å². The first-order valence-electron chi connectivity index (χ1n) is 9.03. The lowest BCUT2D eigenvalue weighted by molar-refractivity contribution is -0.127. The Hall–Kier alpha value is -2.70. The summed E-state index contributed by atoms with van der Waals surface area (Å²) in [6, 6.07) is 16.5. The van der Waals surface area contributed by atoms with Crippen molar-refractivity contribution in [2.45, 2.75) is 26.5 Å². The Morgan fingerprint density at radius 1 is 1.18 bits per heavy atom. The molecule has 2 aromatic carbocycles. The maximum Gasteiger partial charge on any atom is 0.249 e. The molecular formula is C21H22ClN3O3. The topological polar surface area (TPSA) is 77.2 Å². The highest BCUT2D eigenvalue weighted by Crippen LogP contribution is 2.25. The van der Waals surface area contributed by atoms with Crippen molar-refractivity contribution < 1.29 is 14.1 Å². The molecule has 0 aliphatic heterocycles. The van der Waals surface area contributed by atoms with Gasteiger partial charge in [0.25, 0.3) is 0 Å². The molecule has 1 aromatic heterocycles. The molecule has 1 N–H and O–H groups in total. The fourth-order valence-corrected chi connectivity index (χ4v) is 2.86. The molecule has 0 saturated heterocycles. The molecule has 0 bridgehead atoms. The standard InChI is InChI=1S/C21H22ClN3O3/c1-14(2)19(23-18(26)13-27-12-15-7-4-3-5-8-15)21-24-20(25-28-21)16-9-6-10-17(22)11-16/h3-11,14,19H,12-13H2,1-2H3,(H,23,26)/t19-/m1/s1. The molecule has 146 valence electrons. The van der Waals surface area contributed by atoms with Crippen molar-refractivity contribution in [3.63, 3.8) is 0 Å². The average molecular weight is 400 g/mol. The minimum absolute atomic E-state index is 0.0482. The van der Waals surface area contributed by atoms with Gasteiger partial charge in [-0.3, -0.25) is 4.79 Å². The monoisotopic (exact) mass is 399 g/mol. The zero-order chi connectivity index (χ0) is 19.9. The first kappa shape index (κ1) is 20.0. The van der Waals surface area contributed by atoms with Gasteiger partial charge in [0.1, 0.15) is 12.6 Å². The van der Waals surface area contributed by atoms with Crippen molar-refractivity contribution >= 4 is 17.5 Å². The van der Waals surface area contributed by atoms with Gasteiger partial charge < -0.3 is 14.6 Å². The first-order valence-corrected chi connectivity index (χ1v) is 9.41. The molecule has 0 radical (unpaired) electrons. The Morgan fingerprint density at radius 3 is 2.68 bits per heavy atom. The predicted molar refractivity (Wildman–Crippen MR) is 107 cm³/mol. The molecule has 1 heterocycles. The number of ether oxygens (including phenoxy) is 1. The second-order valence-corrected chi connectivity index (χ2v) is 7.17. The molecule has 6 nitrogen and oxygen atoms in total. The molecule has 3 aromatic rings. The number of amides is 1. The molecule has 7 heteroatoms. The van der Waals surface area contributed by atoms with Gasteiger partial charge in [-0.1, -0.05) is 73.1 Å². The van der Waals surface area contributed by atoms with Crippen molar-refractivity contribution in [3.8, 4) is 11.4 Å². The molecule has 0 aliphatic carbocycles. The number of aromatic nitrogens is 2. The summed E-state index contributed by atoms with van der Waals surface area (Å²) in [7, 11) is 0. The van der Waals surface area contributed by atoms with E-state index in [1.165, 1.54) is 0 Å². The zero-order valence-electron chi connectivity index (χ0n) is 15.8. The van der Waals surface area contributed by atoms with Crippen molar-refractivity contribution in [1.82, 2.24) is 15.5 Å². The van der Waals surface area contributed by atoms with E-state index in [0.717, 1.165) is 11.1 Å². The molecule has 28 heavy (non-hydrogen) atoms. The SMILES string of the molecule is CC(C)[C@@H](NC(=O)COCc1ccccc1)c1nc(-c2cccc(Cl)c2)no1. The normalized spacial score (nSPS) is 12.1. The fourth-order valence-electron chi connectivity index (χ4n) is 2.67. The number of carbonyl (C=O) groups excluding carboxylic acids is 1. The molecule has 1 amide bonds. The van der Waals surface area contributed by atoms with Crippen LogP contribution in [0.25, 0.3) is 11.4 Å². The summed E-state index contributed by atoms with van der Waals surface area (Å²) in [5.74, 6) is 0.599. The number of rotatable bonds is 8. The summed E-state index contributed by atoms with van der Waals surface area (Å²) in [6.45, 7) is 4.27. The van der Waals surface area contributed by atoms with Crippen LogP contribution in [0.5, 0.6) is 0 Å². The van der Waals surface area contributed by atoms with Crippen LogP contribution in [0.2, 0.25) is 5.02 Å². The largest absolute Gasteiger partial charge is 0.367 e. The average Bonchev–Trinajstić information content (AvgIpc) is 3.16. The van der Waals surface area contributed by atoms with Gasteiger partial charge in [-0.15, -0.1) is 0 Å². The number of hydrogen-bond donors (Lipinski definition) is 1. The van der Waals surface area contributed by atoms with Gasteiger partial charge in [0.05, 0.1) is 6.61 Å². The van der Waals surface area contributed by atoms with E-state index in [2.05, 4.69) is 15.5 Å². The van der Waals surface area contributed by atoms with Crippen molar-refractivity contribution in [3.05, 3.63) is 71.1 Å². The maximum atomic E-state index is 12.3. The summed E-state index contributed by atoms with van der Waals surface area (Å²) in [5, 5.41) is 7.51. The van der Waals surface area contributed by atoms with Crippen LogP contribution in [0.15, 0.2) is 59.1 Å². The highest BCUT2D eigenvalue weighted by molar-refractivity contribution is 6.30. The Labute approximate surface area is 168 Å². The summed E-state index contributed by atoms with van der Waals surface area (Å²) in [5.41, 5.74) is 1.77. The summed E-state index contributed by atoms with van der Waals surface area (Å²) < 4.78 is 10.9. The number of hydrogen-bond acceptors (Lipinski definition) is 5. The molecule has 0 unspecified atom stereocenters. The van der Waals surface area contributed by atoms with E-state index < -0.39 is 6.04 Å². The van der Waals surface area contributed by atoms with Gasteiger partial charge in [0.15, 0.2) is 0 Å². The zero-order valence-corrected chi connectivity index (χ0v) is 16.5. The van der Waals surface area contributed by atoms with E-state index in [4.69, 9.17) is 20.9 Å². The van der Waals surface area contributed by atoms with E-state index in [1.807, 2.05) is 56.3 Å². The number of nitrogens with one attached hydrogen (secondary N) is 1. The van der Waals surface area contributed by atoms with E-state index >= 15 is 0 Å². The van der Waals surface area contributed by atoms with E-state index in [9.17, 15) is 4.79 Å². The molecule has 0 spiro atoms. The predicted octanol–water partition coefficient (Wildman–Crippen LogP) is 4.42. The van der Waals surface area contributed by atoms with Crippen molar-refractivity contribution in [1.29, 1.82) is 0 Å². The van der Waals surface area contributed by atoms with E-state index in [0.29, 0.717) is 23.3 Å². The highest BCUT2D eigenvalue weighted by atomic mass is 35.5. The maximum absolute atomic E-state index is 12.3. The van der Waals surface area contributed by atoms with Crippen LogP contribution >= 0.6 is 11.6 Å². The smallest absolute Gasteiger partial charge is 0.249 e. The van der Waals surface area contributed by atoms with Gasteiger partial charge in [-0.05, 0) is 23.6 Å². The molecule has 3 rings (SSSR count). The van der Waals surface area contributed by atoms with Gasteiger partial charge >= 0.3 is 0 Å². The van der Waals surface area contributed by atoms with Crippen LogP contribution in [0.3, 0.4) is 0 Å². The van der Waals surface area contributed by atoms with Gasteiger partial charge in [0, 0.05) is 10.6 Å². The molecule has 0 aliphatic rings. The highest BCUT2D eigenvalue weighted by Gasteiger charge is 2.25. The number of carbonyl (C=O) groups is 1. The van der Waals surface area contributed by atoms with Gasteiger partial charge in [-0.25, -0.2) is 0 Å². The quantitative estimate of drug-likeness (QED) is 0.606. The molecule has 1 atom stereocenters.